The third-order valence-corrected chi connectivity index (χ3v) is 3.78. The van der Waals surface area contributed by atoms with Crippen LogP contribution in [0.15, 0.2) is 28.5 Å². The van der Waals surface area contributed by atoms with Crippen molar-refractivity contribution in [3.63, 3.8) is 0 Å². The zero-order valence-electron chi connectivity index (χ0n) is 12.4. The van der Waals surface area contributed by atoms with Crippen molar-refractivity contribution in [3.05, 3.63) is 34.2 Å². The Bertz CT molecular complexity index is 616. The number of hydrogen-bond donors (Lipinski definition) is 2. The van der Waals surface area contributed by atoms with Gasteiger partial charge >= 0.3 is 5.69 Å². The second-order valence-electron chi connectivity index (χ2n) is 4.97. The molecule has 0 saturated carbocycles. The minimum absolute atomic E-state index is 0.195. The highest BCUT2D eigenvalue weighted by molar-refractivity contribution is 8.01. The molecule has 1 aromatic heterocycles. The average Bonchev–Trinajstić information content (AvgIpc) is 2.48. The van der Waals surface area contributed by atoms with Gasteiger partial charge in [-0.2, -0.15) is 4.98 Å². The number of aromatic nitrogens is 2. The fourth-order valence-electron chi connectivity index (χ4n) is 2.16. The highest BCUT2D eigenvalue weighted by atomic mass is 32.2. The molecule has 1 fully saturated rings. The van der Waals surface area contributed by atoms with Gasteiger partial charge in [0.15, 0.2) is 0 Å². The number of amides is 1. The van der Waals surface area contributed by atoms with Crippen molar-refractivity contribution in [2.75, 3.05) is 11.6 Å². The molecular formula is C14H19N3O4S. The van der Waals surface area contributed by atoms with Crippen LogP contribution in [0, 0.1) is 0 Å². The fraction of sp³-hybridized carbons (Fsp3) is 0.500. The molecule has 1 aromatic rings. The van der Waals surface area contributed by atoms with Gasteiger partial charge in [0, 0.05) is 12.3 Å². The van der Waals surface area contributed by atoms with Gasteiger partial charge in [-0.1, -0.05) is 0 Å². The molecule has 22 heavy (non-hydrogen) atoms. The summed E-state index contributed by atoms with van der Waals surface area (Å²) in [6.45, 7) is 1.77. The zero-order valence-corrected chi connectivity index (χ0v) is 13.2. The van der Waals surface area contributed by atoms with Crippen molar-refractivity contribution in [2.45, 2.75) is 38.2 Å². The lowest BCUT2D eigenvalue weighted by Crippen LogP contribution is -2.39. The van der Waals surface area contributed by atoms with E-state index in [1.54, 1.807) is 18.4 Å². The van der Waals surface area contributed by atoms with Crippen LogP contribution in [0.3, 0.4) is 0 Å². The van der Waals surface area contributed by atoms with E-state index < -0.39 is 18.0 Å². The standard InChI is InChI=1S/C14H19N3O4S/c1-9-10(18)3-4-13(21-9)17-7-5-11(16-14(17)20)15-12(19)6-8-22-2/h5-10,13,18H,3-4H2,1-2H3,(H,15,16,19,20). The number of nitrogens with zero attached hydrogens (tertiary/aromatic N) is 2. The van der Waals surface area contributed by atoms with E-state index in [1.807, 2.05) is 6.26 Å². The summed E-state index contributed by atoms with van der Waals surface area (Å²) in [5.41, 5.74) is -0.500. The third kappa shape index (κ3) is 4.19. The first kappa shape index (κ1) is 16.7. The lowest BCUT2D eigenvalue weighted by Gasteiger charge is -2.32. The Morgan fingerprint density at radius 2 is 2.36 bits per heavy atom. The molecule has 1 saturated heterocycles. The molecule has 2 N–H and O–H groups in total. The van der Waals surface area contributed by atoms with E-state index in [9.17, 15) is 14.7 Å². The Kier molecular flexibility index (Phi) is 5.76. The second kappa shape index (κ2) is 7.57. The lowest BCUT2D eigenvalue weighted by atomic mass is 10.1. The van der Waals surface area contributed by atoms with Crippen molar-refractivity contribution in [1.29, 1.82) is 0 Å². The summed E-state index contributed by atoms with van der Waals surface area (Å²) in [5, 5.41) is 13.8. The van der Waals surface area contributed by atoms with Gasteiger partial charge in [0.2, 0.25) is 5.91 Å². The molecule has 120 valence electrons. The van der Waals surface area contributed by atoms with Crippen LogP contribution >= 0.6 is 11.8 Å². The maximum atomic E-state index is 12.1. The first-order valence-electron chi connectivity index (χ1n) is 6.94. The SMILES string of the molecule is CSC=CC(=O)Nc1ccn(C2CCC(O)C(C)O2)c(=O)n1. The van der Waals surface area contributed by atoms with Gasteiger partial charge in [-0.05, 0) is 37.5 Å². The van der Waals surface area contributed by atoms with Gasteiger partial charge in [-0.15, -0.1) is 11.8 Å². The summed E-state index contributed by atoms with van der Waals surface area (Å²) in [6, 6.07) is 1.55. The van der Waals surface area contributed by atoms with Crippen LogP contribution in [-0.2, 0) is 9.53 Å². The van der Waals surface area contributed by atoms with Gasteiger partial charge < -0.3 is 15.2 Å². The van der Waals surface area contributed by atoms with Crippen LogP contribution in [0.25, 0.3) is 0 Å². The van der Waals surface area contributed by atoms with Crippen LogP contribution in [0.1, 0.15) is 26.0 Å². The molecule has 7 nitrogen and oxygen atoms in total. The van der Waals surface area contributed by atoms with E-state index in [1.165, 1.54) is 28.6 Å². The Morgan fingerprint density at radius 3 is 3.00 bits per heavy atom. The Hall–Kier alpha value is -1.64. The topological polar surface area (TPSA) is 93.5 Å². The van der Waals surface area contributed by atoms with E-state index in [-0.39, 0.29) is 17.8 Å². The van der Waals surface area contributed by atoms with Crippen molar-refractivity contribution >= 4 is 23.5 Å². The Labute approximate surface area is 132 Å². The number of rotatable bonds is 4. The molecule has 1 amide bonds. The number of thioether (sulfide) groups is 1. The van der Waals surface area contributed by atoms with Gasteiger partial charge in [-0.25, -0.2) is 4.79 Å². The summed E-state index contributed by atoms with van der Waals surface area (Å²) >= 11 is 1.40. The van der Waals surface area contributed by atoms with Crippen molar-refractivity contribution in [3.8, 4) is 0 Å². The second-order valence-corrected chi connectivity index (χ2v) is 5.71. The predicted molar refractivity (Wildman–Crippen MR) is 84.6 cm³/mol. The van der Waals surface area contributed by atoms with E-state index in [4.69, 9.17) is 4.74 Å². The predicted octanol–water partition coefficient (Wildman–Crippen LogP) is 1.12. The minimum Gasteiger partial charge on any atom is -0.390 e. The van der Waals surface area contributed by atoms with Gasteiger partial charge in [0.25, 0.3) is 0 Å². The minimum atomic E-state index is -0.512. The van der Waals surface area contributed by atoms with E-state index in [0.717, 1.165) is 0 Å². The first-order valence-corrected chi connectivity index (χ1v) is 8.23. The van der Waals surface area contributed by atoms with Crippen LogP contribution in [0.4, 0.5) is 5.82 Å². The van der Waals surface area contributed by atoms with E-state index in [2.05, 4.69) is 10.3 Å². The van der Waals surface area contributed by atoms with E-state index in [0.29, 0.717) is 12.8 Å². The lowest BCUT2D eigenvalue weighted by molar-refractivity contribution is -0.139. The molecule has 0 aromatic carbocycles. The summed E-state index contributed by atoms with van der Waals surface area (Å²) < 4.78 is 6.98. The average molecular weight is 325 g/mol. The normalized spacial score (nSPS) is 25.3. The van der Waals surface area contributed by atoms with Gasteiger partial charge in [-0.3, -0.25) is 9.36 Å². The number of aliphatic hydroxyl groups is 1. The maximum absolute atomic E-state index is 12.1. The van der Waals surface area contributed by atoms with Crippen molar-refractivity contribution in [2.24, 2.45) is 0 Å². The van der Waals surface area contributed by atoms with Gasteiger partial charge in [0.05, 0.1) is 12.2 Å². The summed E-state index contributed by atoms with van der Waals surface area (Å²) in [4.78, 5) is 27.4. The van der Waals surface area contributed by atoms with Crippen LogP contribution < -0.4 is 11.0 Å². The molecule has 0 spiro atoms. The summed E-state index contributed by atoms with van der Waals surface area (Å²) in [5.74, 6) is -0.148. The number of ether oxygens (including phenoxy) is 1. The monoisotopic (exact) mass is 325 g/mol. The molecule has 2 rings (SSSR count). The van der Waals surface area contributed by atoms with Gasteiger partial charge in [0.1, 0.15) is 12.0 Å². The largest absolute Gasteiger partial charge is 0.390 e. The number of anilines is 1. The van der Waals surface area contributed by atoms with Crippen LogP contribution in [0.5, 0.6) is 0 Å². The van der Waals surface area contributed by atoms with E-state index >= 15 is 0 Å². The third-order valence-electron chi connectivity index (χ3n) is 3.37. The molecule has 1 aliphatic heterocycles. The van der Waals surface area contributed by atoms with Crippen LogP contribution in [-0.4, -0.2) is 39.0 Å². The highest BCUT2D eigenvalue weighted by Crippen LogP contribution is 2.25. The summed E-state index contributed by atoms with van der Waals surface area (Å²) in [7, 11) is 0. The molecular weight excluding hydrogens is 306 g/mol. The number of nitrogens with one attached hydrogen (secondary N) is 1. The Morgan fingerprint density at radius 1 is 1.59 bits per heavy atom. The van der Waals surface area contributed by atoms with Crippen LogP contribution in [0.2, 0.25) is 0 Å². The first-order chi connectivity index (χ1) is 10.5. The number of carbonyl (C=O) groups is 1. The molecule has 8 heteroatoms. The maximum Gasteiger partial charge on any atom is 0.351 e. The molecule has 3 atom stereocenters. The molecule has 2 heterocycles. The molecule has 0 radical (unpaired) electrons. The number of carbonyl (C=O) groups excluding carboxylic acids is 1. The fourth-order valence-corrected chi connectivity index (χ4v) is 2.42. The summed E-state index contributed by atoms with van der Waals surface area (Å²) in [6.07, 6.45) is 4.56. The number of hydrogen-bond acceptors (Lipinski definition) is 6. The number of aliphatic hydroxyl groups excluding tert-OH is 1. The van der Waals surface area contributed by atoms with Crippen molar-refractivity contribution < 1.29 is 14.6 Å². The Balaban J connectivity index is 2.08. The smallest absolute Gasteiger partial charge is 0.351 e. The zero-order chi connectivity index (χ0) is 16.1. The van der Waals surface area contributed by atoms with Crippen molar-refractivity contribution in [1.82, 2.24) is 9.55 Å². The highest BCUT2D eigenvalue weighted by Gasteiger charge is 2.28. The molecule has 3 unspecified atom stereocenters. The quantitative estimate of drug-likeness (QED) is 0.806. The molecule has 0 aliphatic carbocycles. The molecule has 0 bridgehead atoms. The molecule has 1 aliphatic rings.